The number of aromatic amines is 1. The molecule has 2 N–H and O–H groups in total. The van der Waals surface area contributed by atoms with E-state index < -0.39 is 12.0 Å². The van der Waals surface area contributed by atoms with Gasteiger partial charge in [-0.3, -0.25) is 5.10 Å². The van der Waals surface area contributed by atoms with Gasteiger partial charge in [-0.1, -0.05) is 24.6 Å². The number of rotatable bonds is 4. The molecule has 1 aliphatic heterocycles. The normalized spacial score (nSPS) is 17.5. The van der Waals surface area contributed by atoms with Crippen molar-refractivity contribution in [3.8, 4) is 0 Å². The van der Waals surface area contributed by atoms with Crippen LogP contribution in [0.2, 0.25) is 5.02 Å². The molecule has 2 aromatic heterocycles. The molecule has 8 nitrogen and oxygen atoms in total. The number of aryl methyl sites for hydroxylation is 1. The SMILES string of the molecule is CCc1[nH]nc2ncnc(N3CCN(c4cccc(Cl)c4)C(C(=O)O)C3)c12. The van der Waals surface area contributed by atoms with Crippen molar-refractivity contribution in [2.75, 3.05) is 29.4 Å². The largest absolute Gasteiger partial charge is 0.480 e. The third-order valence-corrected chi connectivity index (χ3v) is 5.10. The van der Waals surface area contributed by atoms with Gasteiger partial charge in [0.1, 0.15) is 18.2 Å². The Hall–Kier alpha value is -2.87. The Morgan fingerprint density at radius 1 is 1.37 bits per heavy atom. The number of hydrogen-bond donors (Lipinski definition) is 2. The van der Waals surface area contributed by atoms with E-state index in [1.54, 1.807) is 12.1 Å². The fraction of sp³-hybridized carbons (Fsp3) is 0.333. The van der Waals surface area contributed by atoms with Crippen LogP contribution in [0.1, 0.15) is 12.6 Å². The lowest BCUT2D eigenvalue weighted by molar-refractivity contribution is -0.138. The Balaban J connectivity index is 1.69. The van der Waals surface area contributed by atoms with Gasteiger partial charge in [-0.15, -0.1) is 0 Å². The minimum absolute atomic E-state index is 0.308. The number of carbonyl (C=O) groups is 1. The maximum Gasteiger partial charge on any atom is 0.328 e. The molecule has 1 fully saturated rings. The van der Waals surface area contributed by atoms with Gasteiger partial charge in [-0.25, -0.2) is 14.8 Å². The van der Waals surface area contributed by atoms with E-state index in [9.17, 15) is 9.90 Å². The number of halogens is 1. The number of aliphatic carboxylic acids is 1. The van der Waals surface area contributed by atoms with Crippen molar-refractivity contribution < 1.29 is 9.90 Å². The van der Waals surface area contributed by atoms with Gasteiger partial charge in [0, 0.05) is 29.5 Å². The molecule has 0 saturated carbocycles. The van der Waals surface area contributed by atoms with Crippen molar-refractivity contribution in [3.05, 3.63) is 41.3 Å². The van der Waals surface area contributed by atoms with Crippen LogP contribution in [-0.2, 0) is 11.2 Å². The van der Waals surface area contributed by atoms with Crippen LogP contribution >= 0.6 is 11.6 Å². The first-order chi connectivity index (χ1) is 13.1. The number of carboxylic acid groups (broad SMARTS) is 1. The van der Waals surface area contributed by atoms with E-state index in [2.05, 4.69) is 20.2 Å². The van der Waals surface area contributed by atoms with Crippen molar-refractivity contribution in [1.29, 1.82) is 0 Å². The Bertz CT molecular complexity index is 991. The highest BCUT2D eigenvalue weighted by Crippen LogP contribution is 2.29. The van der Waals surface area contributed by atoms with Crippen LogP contribution in [0.25, 0.3) is 11.0 Å². The van der Waals surface area contributed by atoms with E-state index in [0.717, 1.165) is 29.0 Å². The van der Waals surface area contributed by atoms with Crippen LogP contribution < -0.4 is 9.80 Å². The lowest BCUT2D eigenvalue weighted by atomic mass is 10.1. The molecule has 4 rings (SSSR count). The summed E-state index contributed by atoms with van der Waals surface area (Å²) < 4.78 is 0. The van der Waals surface area contributed by atoms with Gasteiger partial charge in [0.15, 0.2) is 5.65 Å². The molecule has 0 radical (unpaired) electrons. The lowest BCUT2D eigenvalue weighted by Crippen LogP contribution is -2.57. The average Bonchev–Trinajstić information content (AvgIpc) is 3.11. The van der Waals surface area contributed by atoms with E-state index in [4.69, 9.17) is 11.6 Å². The summed E-state index contributed by atoms with van der Waals surface area (Å²) in [6, 6.07) is 6.57. The summed E-state index contributed by atoms with van der Waals surface area (Å²) in [7, 11) is 0. The fourth-order valence-electron chi connectivity index (χ4n) is 3.54. The van der Waals surface area contributed by atoms with E-state index in [1.807, 2.05) is 28.9 Å². The molecule has 3 heterocycles. The van der Waals surface area contributed by atoms with Crippen LogP contribution in [0.3, 0.4) is 0 Å². The van der Waals surface area contributed by atoms with Crippen molar-refractivity contribution >= 4 is 40.1 Å². The second-order valence-corrected chi connectivity index (χ2v) is 6.86. The first-order valence-corrected chi connectivity index (χ1v) is 9.14. The van der Waals surface area contributed by atoms with Crippen molar-refractivity contribution in [3.63, 3.8) is 0 Å². The van der Waals surface area contributed by atoms with Gasteiger partial charge >= 0.3 is 5.97 Å². The van der Waals surface area contributed by atoms with Crippen LogP contribution in [0.15, 0.2) is 30.6 Å². The first-order valence-electron chi connectivity index (χ1n) is 8.76. The summed E-state index contributed by atoms with van der Waals surface area (Å²) in [6.07, 6.45) is 2.23. The van der Waals surface area contributed by atoms with Gasteiger partial charge in [0.2, 0.25) is 0 Å². The summed E-state index contributed by atoms with van der Waals surface area (Å²) >= 11 is 6.09. The molecule has 0 bridgehead atoms. The highest BCUT2D eigenvalue weighted by molar-refractivity contribution is 6.30. The quantitative estimate of drug-likeness (QED) is 0.710. The fourth-order valence-corrected chi connectivity index (χ4v) is 3.73. The summed E-state index contributed by atoms with van der Waals surface area (Å²) in [5.74, 6) is -0.157. The van der Waals surface area contributed by atoms with Crippen molar-refractivity contribution in [2.45, 2.75) is 19.4 Å². The second-order valence-electron chi connectivity index (χ2n) is 6.42. The third kappa shape index (κ3) is 3.16. The Morgan fingerprint density at radius 3 is 2.96 bits per heavy atom. The molecular weight excluding hydrogens is 368 g/mol. The zero-order valence-corrected chi connectivity index (χ0v) is 15.5. The predicted octanol–water partition coefficient (Wildman–Crippen LogP) is 2.35. The number of nitrogens with zero attached hydrogens (tertiary/aromatic N) is 5. The molecular formula is C18H19ClN6O2. The monoisotopic (exact) mass is 386 g/mol. The van der Waals surface area contributed by atoms with E-state index >= 15 is 0 Å². The zero-order chi connectivity index (χ0) is 19.0. The molecule has 27 heavy (non-hydrogen) atoms. The van der Waals surface area contributed by atoms with Gasteiger partial charge in [-0.05, 0) is 24.6 Å². The van der Waals surface area contributed by atoms with Crippen LogP contribution in [0.4, 0.5) is 11.5 Å². The van der Waals surface area contributed by atoms with E-state index in [1.165, 1.54) is 6.33 Å². The Morgan fingerprint density at radius 2 is 2.22 bits per heavy atom. The number of H-pyrrole nitrogens is 1. The Kier molecular flexibility index (Phi) is 4.57. The van der Waals surface area contributed by atoms with Gasteiger partial charge in [0.05, 0.1) is 11.9 Å². The maximum atomic E-state index is 12.0. The zero-order valence-electron chi connectivity index (χ0n) is 14.8. The molecule has 1 saturated heterocycles. The van der Waals surface area contributed by atoms with E-state index in [0.29, 0.717) is 30.3 Å². The number of hydrogen-bond acceptors (Lipinski definition) is 6. The number of nitrogens with one attached hydrogen (secondary N) is 1. The van der Waals surface area contributed by atoms with Gasteiger partial charge < -0.3 is 14.9 Å². The van der Waals surface area contributed by atoms with Crippen molar-refractivity contribution in [1.82, 2.24) is 20.2 Å². The highest BCUT2D eigenvalue weighted by atomic mass is 35.5. The number of benzene rings is 1. The summed E-state index contributed by atoms with van der Waals surface area (Å²) in [4.78, 5) is 24.5. The molecule has 3 aromatic rings. The van der Waals surface area contributed by atoms with Crippen molar-refractivity contribution in [2.24, 2.45) is 0 Å². The molecule has 1 aliphatic rings. The number of carboxylic acids is 1. The highest BCUT2D eigenvalue weighted by Gasteiger charge is 2.34. The number of aromatic nitrogens is 4. The molecule has 9 heteroatoms. The van der Waals surface area contributed by atoms with Crippen LogP contribution in [-0.4, -0.2) is 56.9 Å². The summed E-state index contributed by atoms with van der Waals surface area (Å²) in [5, 5.41) is 18.5. The molecule has 0 spiro atoms. The third-order valence-electron chi connectivity index (χ3n) is 4.86. The number of fused-ring (bicyclic) bond motifs is 1. The topological polar surface area (TPSA) is 98.2 Å². The minimum atomic E-state index is -0.882. The molecule has 1 aromatic carbocycles. The summed E-state index contributed by atoms with van der Waals surface area (Å²) in [6.45, 7) is 3.52. The number of piperazine rings is 1. The van der Waals surface area contributed by atoms with E-state index in [-0.39, 0.29) is 0 Å². The first kappa shape index (κ1) is 17.5. The minimum Gasteiger partial charge on any atom is -0.480 e. The van der Waals surface area contributed by atoms with Crippen LogP contribution in [0, 0.1) is 0 Å². The maximum absolute atomic E-state index is 12.0. The lowest BCUT2D eigenvalue weighted by Gasteiger charge is -2.41. The number of anilines is 2. The Labute approximate surface area is 160 Å². The van der Waals surface area contributed by atoms with Gasteiger partial charge in [-0.2, -0.15) is 5.10 Å². The molecule has 0 aliphatic carbocycles. The smallest absolute Gasteiger partial charge is 0.328 e. The summed E-state index contributed by atoms with van der Waals surface area (Å²) in [5.41, 5.74) is 2.35. The average molecular weight is 387 g/mol. The second kappa shape index (κ2) is 7.03. The molecule has 0 amide bonds. The predicted molar refractivity (Wildman–Crippen MR) is 103 cm³/mol. The molecule has 1 unspecified atom stereocenters. The molecule has 140 valence electrons. The standard InChI is InChI=1S/C18H19ClN6O2/c1-2-13-15-16(23-22-13)20-10-21-17(15)24-6-7-25(14(9-24)18(26)27)12-5-3-4-11(19)8-12/h3-5,8,10,14H,2,6-7,9H2,1H3,(H,26,27)(H,20,21,22,23). The van der Waals surface area contributed by atoms with Crippen LogP contribution in [0.5, 0.6) is 0 Å². The van der Waals surface area contributed by atoms with Gasteiger partial charge in [0.25, 0.3) is 0 Å². The molecule has 1 atom stereocenters.